The van der Waals surface area contributed by atoms with Crippen LogP contribution in [0.4, 0.5) is 10.8 Å². The smallest absolute Gasteiger partial charge is 0.341 e. The van der Waals surface area contributed by atoms with Gasteiger partial charge < -0.3 is 15.0 Å². The summed E-state index contributed by atoms with van der Waals surface area (Å²) in [6.07, 6.45) is 0.823. The maximum atomic E-state index is 12.7. The van der Waals surface area contributed by atoms with E-state index >= 15 is 0 Å². The molecule has 3 aromatic rings. The molecule has 0 bridgehead atoms. The van der Waals surface area contributed by atoms with Gasteiger partial charge in [-0.25, -0.2) is 9.78 Å². The highest BCUT2D eigenvalue weighted by Gasteiger charge is 2.28. The predicted octanol–water partition coefficient (Wildman–Crippen LogP) is 4.25. The topological polar surface area (TPSA) is 67.3 Å². The first-order chi connectivity index (χ1) is 13.1. The molecular weight excluding hydrogens is 384 g/mol. The van der Waals surface area contributed by atoms with Crippen LogP contribution in [0.5, 0.6) is 0 Å². The Kier molecular flexibility index (Phi) is 4.99. The summed E-state index contributed by atoms with van der Waals surface area (Å²) in [6, 6.07) is 7.64. The highest BCUT2D eigenvalue weighted by Crippen LogP contribution is 2.39. The monoisotopic (exact) mass is 402 g/mol. The number of benzene rings is 1. The Bertz CT molecular complexity index is 1020. The Balaban J connectivity index is 1.81. The molecule has 6 nitrogen and oxygen atoms in total. The second-order valence-corrected chi connectivity index (χ2v) is 7.84. The van der Waals surface area contributed by atoms with Gasteiger partial charge in [0.25, 0.3) is 0 Å². The van der Waals surface area contributed by atoms with Gasteiger partial charge in [0.1, 0.15) is 10.8 Å². The normalized spacial score (nSPS) is 14.2. The number of thiophene rings is 1. The fourth-order valence-corrected chi connectivity index (χ4v) is 4.78. The number of esters is 1. The van der Waals surface area contributed by atoms with Gasteiger partial charge in [-0.05, 0) is 49.7 Å². The van der Waals surface area contributed by atoms with Crippen LogP contribution in [-0.4, -0.2) is 41.0 Å². The zero-order chi connectivity index (χ0) is 19.0. The minimum absolute atomic E-state index is 0.162. The highest BCUT2D eigenvalue weighted by molar-refractivity contribution is 7.16. The standard InChI is InChI=1S/C19H19ClN4O2S/c1-3-26-18(25)15-12-8-9-24(2)10-14(12)27-17(15)22-16-11-6-4-5-7-13(11)21-19(20)23-16/h4-7H,3,8-10H2,1-2H3,(H,21,22,23). The number of anilines is 2. The summed E-state index contributed by atoms with van der Waals surface area (Å²) < 4.78 is 5.32. The lowest BCUT2D eigenvalue weighted by molar-refractivity contribution is 0.0526. The second-order valence-electron chi connectivity index (χ2n) is 6.40. The molecule has 0 radical (unpaired) electrons. The van der Waals surface area contributed by atoms with Crippen LogP contribution in [0.2, 0.25) is 5.28 Å². The van der Waals surface area contributed by atoms with Crippen molar-refractivity contribution in [1.82, 2.24) is 14.9 Å². The first kappa shape index (κ1) is 18.2. The minimum Gasteiger partial charge on any atom is -0.462 e. The number of nitrogens with one attached hydrogen (secondary N) is 1. The average Bonchev–Trinajstić information content (AvgIpc) is 2.98. The van der Waals surface area contributed by atoms with Crippen molar-refractivity contribution in [2.75, 3.05) is 25.5 Å². The number of fused-ring (bicyclic) bond motifs is 2. The fourth-order valence-electron chi connectivity index (χ4n) is 3.29. The number of hydrogen-bond acceptors (Lipinski definition) is 7. The van der Waals surface area contributed by atoms with Crippen molar-refractivity contribution in [3.05, 3.63) is 45.6 Å². The van der Waals surface area contributed by atoms with E-state index in [0.717, 1.165) is 41.0 Å². The Morgan fingerprint density at radius 2 is 2.19 bits per heavy atom. The molecule has 8 heteroatoms. The third-order valence-corrected chi connectivity index (χ3v) is 5.84. The van der Waals surface area contributed by atoms with Crippen molar-refractivity contribution >= 4 is 50.6 Å². The minimum atomic E-state index is -0.300. The van der Waals surface area contributed by atoms with Crippen LogP contribution in [0.25, 0.3) is 10.9 Å². The summed E-state index contributed by atoms with van der Waals surface area (Å²) in [6.45, 7) is 3.89. The summed E-state index contributed by atoms with van der Waals surface area (Å²) in [5.41, 5.74) is 2.44. The van der Waals surface area contributed by atoms with Gasteiger partial charge in [-0.2, -0.15) is 4.98 Å². The van der Waals surface area contributed by atoms with Gasteiger partial charge in [0, 0.05) is 23.4 Å². The maximum absolute atomic E-state index is 12.7. The number of hydrogen-bond donors (Lipinski definition) is 1. The largest absolute Gasteiger partial charge is 0.462 e. The molecule has 2 aromatic heterocycles. The van der Waals surface area contributed by atoms with Crippen molar-refractivity contribution in [3.8, 4) is 0 Å². The molecule has 3 heterocycles. The Morgan fingerprint density at radius 3 is 3.00 bits per heavy atom. The zero-order valence-electron chi connectivity index (χ0n) is 15.1. The quantitative estimate of drug-likeness (QED) is 0.519. The van der Waals surface area contributed by atoms with E-state index in [1.807, 2.05) is 31.2 Å². The van der Waals surface area contributed by atoms with E-state index in [0.29, 0.717) is 18.0 Å². The van der Waals surface area contributed by atoms with Gasteiger partial charge in [0.15, 0.2) is 0 Å². The van der Waals surface area contributed by atoms with Gasteiger partial charge in [-0.3, -0.25) is 0 Å². The predicted molar refractivity (Wildman–Crippen MR) is 108 cm³/mol. The van der Waals surface area contributed by atoms with Gasteiger partial charge in [0.05, 0.1) is 17.7 Å². The molecule has 1 aromatic carbocycles. The van der Waals surface area contributed by atoms with Gasteiger partial charge in [-0.1, -0.05) is 12.1 Å². The van der Waals surface area contributed by atoms with E-state index in [1.165, 1.54) is 4.88 Å². The van der Waals surface area contributed by atoms with Crippen molar-refractivity contribution < 1.29 is 9.53 Å². The molecule has 0 atom stereocenters. The molecule has 1 N–H and O–H groups in total. The van der Waals surface area contributed by atoms with Crippen LogP contribution in [-0.2, 0) is 17.7 Å². The fraction of sp³-hybridized carbons (Fsp3) is 0.316. The van der Waals surface area contributed by atoms with Crippen molar-refractivity contribution in [3.63, 3.8) is 0 Å². The molecule has 0 saturated carbocycles. The Morgan fingerprint density at radius 1 is 1.37 bits per heavy atom. The molecule has 0 aliphatic carbocycles. The lowest BCUT2D eigenvalue weighted by Gasteiger charge is -2.22. The van der Waals surface area contributed by atoms with Gasteiger partial charge in [-0.15, -0.1) is 11.3 Å². The summed E-state index contributed by atoms with van der Waals surface area (Å²) >= 11 is 7.68. The van der Waals surface area contributed by atoms with Crippen molar-refractivity contribution in [2.24, 2.45) is 0 Å². The number of ether oxygens (including phenoxy) is 1. The number of carbonyl (C=O) groups is 1. The van der Waals surface area contributed by atoms with Crippen LogP contribution in [0.3, 0.4) is 0 Å². The average molecular weight is 403 g/mol. The molecule has 0 amide bonds. The van der Waals surface area contributed by atoms with Crippen LogP contribution < -0.4 is 5.32 Å². The lowest BCUT2D eigenvalue weighted by Crippen LogP contribution is -2.26. The molecular formula is C19H19ClN4O2S. The number of carbonyl (C=O) groups excluding carboxylic acids is 1. The van der Waals surface area contributed by atoms with Gasteiger partial charge >= 0.3 is 5.97 Å². The van der Waals surface area contributed by atoms with E-state index in [2.05, 4.69) is 27.2 Å². The molecule has 140 valence electrons. The lowest BCUT2D eigenvalue weighted by atomic mass is 10.0. The molecule has 0 saturated heterocycles. The third-order valence-electron chi connectivity index (χ3n) is 4.54. The van der Waals surface area contributed by atoms with E-state index in [1.54, 1.807) is 11.3 Å². The number of para-hydroxylation sites is 1. The highest BCUT2D eigenvalue weighted by atomic mass is 35.5. The summed E-state index contributed by atoms with van der Waals surface area (Å²) in [4.78, 5) is 24.7. The molecule has 1 aliphatic rings. The van der Waals surface area contributed by atoms with Gasteiger partial charge in [0.2, 0.25) is 5.28 Å². The molecule has 0 spiro atoms. The third kappa shape index (κ3) is 3.50. The zero-order valence-corrected chi connectivity index (χ0v) is 16.7. The summed E-state index contributed by atoms with van der Waals surface area (Å²) in [5, 5.41) is 5.08. The number of nitrogens with zero attached hydrogens (tertiary/aromatic N) is 3. The number of likely N-dealkylation sites (N-methyl/N-ethyl adjacent to an activating group) is 1. The van der Waals surface area contributed by atoms with Crippen LogP contribution >= 0.6 is 22.9 Å². The van der Waals surface area contributed by atoms with E-state index in [9.17, 15) is 4.79 Å². The van der Waals surface area contributed by atoms with E-state index in [4.69, 9.17) is 16.3 Å². The Labute approximate surface area is 166 Å². The van der Waals surface area contributed by atoms with E-state index in [-0.39, 0.29) is 11.3 Å². The number of aromatic nitrogens is 2. The summed E-state index contributed by atoms with van der Waals surface area (Å²) in [5.74, 6) is 0.287. The van der Waals surface area contributed by atoms with Crippen LogP contribution in [0, 0.1) is 0 Å². The second kappa shape index (κ2) is 7.42. The van der Waals surface area contributed by atoms with Crippen LogP contribution in [0.15, 0.2) is 24.3 Å². The molecule has 0 fully saturated rings. The number of rotatable bonds is 4. The van der Waals surface area contributed by atoms with Crippen molar-refractivity contribution in [2.45, 2.75) is 19.9 Å². The Hall–Kier alpha value is -2.22. The molecule has 0 unspecified atom stereocenters. The van der Waals surface area contributed by atoms with Crippen molar-refractivity contribution in [1.29, 1.82) is 0 Å². The molecule has 1 aliphatic heterocycles. The first-order valence-corrected chi connectivity index (χ1v) is 9.95. The molecule has 27 heavy (non-hydrogen) atoms. The maximum Gasteiger partial charge on any atom is 0.341 e. The molecule has 4 rings (SSSR count). The van der Waals surface area contributed by atoms with E-state index < -0.39 is 0 Å². The van der Waals surface area contributed by atoms with Crippen LogP contribution in [0.1, 0.15) is 27.7 Å². The first-order valence-electron chi connectivity index (χ1n) is 8.76. The SMILES string of the molecule is CCOC(=O)c1c(Nc2nc(Cl)nc3ccccc23)sc2c1CCN(C)C2. The summed E-state index contributed by atoms with van der Waals surface area (Å²) in [7, 11) is 2.08. The number of halogens is 1.